The molecule has 1 atom stereocenters. The van der Waals surface area contributed by atoms with E-state index in [2.05, 4.69) is 38.0 Å². The molecule has 14 heavy (non-hydrogen) atoms. The minimum absolute atomic E-state index is 0.679. The van der Waals surface area contributed by atoms with E-state index in [-0.39, 0.29) is 0 Å². The van der Waals surface area contributed by atoms with Crippen LogP contribution in [0, 0.1) is 0 Å². The summed E-state index contributed by atoms with van der Waals surface area (Å²) in [6.45, 7) is 10.5. The second-order valence-corrected chi connectivity index (χ2v) is 4.07. The summed E-state index contributed by atoms with van der Waals surface area (Å²) in [5.41, 5.74) is 0. The molecular formula is C12H28N2. The van der Waals surface area contributed by atoms with Crippen molar-refractivity contribution in [3.63, 3.8) is 0 Å². The summed E-state index contributed by atoms with van der Waals surface area (Å²) < 4.78 is 0. The molecule has 0 fully saturated rings. The van der Waals surface area contributed by atoms with Gasteiger partial charge in [0.05, 0.1) is 0 Å². The third kappa shape index (κ3) is 6.39. The normalized spacial score (nSPS) is 13.5. The fraction of sp³-hybridized carbons (Fsp3) is 1.00. The van der Waals surface area contributed by atoms with Crippen LogP contribution in [0.2, 0.25) is 0 Å². The van der Waals surface area contributed by atoms with Crippen LogP contribution in [0.25, 0.3) is 0 Å². The van der Waals surface area contributed by atoms with E-state index < -0.39 is 0 Å². The summed E-state index contributed by atoms with van der Waals surface area (Å²) in [6.07, 6.45) is 5.10. The smallest absolute Gasteiger partial charge is 0.0191 e. The second-order valence-electron chi connectivity index (χ2n) is 4.07. The van der Waals surface area contributed by atoms with Crippen molar-refractivity contribution in [2.24, 2.45) is 0 Å². The Kier molecular flexibility index (Phi) is 9.42. The molecule has 0 spiro atoms. The molecule has 0 saturated heterocycles. The van der Waals surface area contributed by atoms with Gasteiger partial charge in [0.25, 0.3) is 0 Å². The maximum atomic E-state index is 3.41. The average Bonchev–Trinajstić information content (AvgIpc) is 2.18. The fourth-order valence-electron chi connectivity index (χ4n) is 1.91. The molecule has 0 aromatic carbocycles. The monoisotopic (exact) mass is 200 g/mol. The van der Waals surface area contributed by atoms with E-state index in [9.17, 15) is 0 Å². The van der Waals surface area contributed by atoms with Gasteiger partial charge in [-0.3, -0.25) is 0 Å². The van der Waals surface area contributed by atoms with Gasteiger partial charge in [0.1, 0.15) is 0 Å². The van der Waals surface area contributed by atoms with E-state index in [1.54, 1.807) is 0 Å². The van der Waals surface area contributed by atoms with Gasteiger partial charge in [-0.2, -0.15) is 0 Å². The van der Waals surface area contributed by atoms with Crippen molar-refractivity contribution >= 4 is 0 Å². The van der Waals surface area contributed by atoms with Crippen LogP contribution in [0.3, 0.4) is 0 Å². The standard InChI is InChI=1S/C12H28N2/c1-5-8-12(13-4)11-14(9-6-2)10-7-3/h12-13H,5-11H2,1-4H3. The lowest BCUT2D eigenvalue weighted by atomic mass is 10.1. The van der Waals surface area contributed by atoms with Gasteiger partial charge in [-0.1, -0.05) is 27.2 Å². The van der Waals surface area contributed by atoms with Crippen molar-refractivity contribution in [2.45, 2.75) is 52.5 Å². The van der Waals surface area contributed by atoms with Crippen LogP contribution in [-0.4, -0.2) is 37.6 Å². The van der Waals surface area contributed by atoms with Crippen molar-refractivity contribution < 1.29 is 0 Å². The van der Waals surface area contributed by atoms with Gasteiger partial charge in [-0.25, -0.2) is 0 Å². The van der Waals surface area contributed by atoms with Crippen LogP contribution in [-0.2, 0) is 0 Å². The maximum Gasteiger partial charge on any atom is 0.0191 e. The predicted molar refractivity (Wildman–Crippen MR) is 64.8 cm³/mol. The van der Waals surface area contributed by atoms with Gasteiger partial charge in [-0.05, 0) is 39.4 Å². The highest BCUT2D eigenvalue weighted by Gasteiger charge is 2.09. The number of hydrogen-bond acceptors (Lipinski definition) is 2. The molecule has 0 aliphatic rings. The molecule has 2 heteroatoms. The molecular weight excluding hydrogens is 172 g/mol. The molecule has 0 aliphatic heterocycles. The largest absolute Gasteiger partial charge is 0.316 e. The summed E-state index contributed by atoms with van der Waals surface area (Å²) in [7, 11) is 2.08. The molecule has 0 radical (unpaired) electrons. The third-order valence-electron chi connectivity index (χ3n) is 2.60. The van der Waals surface area contributed by atoms with E-state index in [1.165, 1.54) is 45.3 Å². The van der Waals surface area contributed by atoms with E-state index in [0.29, 0.717) is 6.04 Å². The Bertz CT molecular complexity index is 109. The summed E-state index contributed by atoms with van der Waals surface area (Å²) in [6, 6.07) is 0.679. The molecule has 1 N–H and O–H groups in total. The lowest BCUT2D eigenvalue weighted by molar-refractivity contribution is 0.240. The molecule has 0 saturated carbocycles. The number of nitrogens with one attached hydrogen (secondary N) is 1. The fourth-order valence-corrected chi connectivity index (χ4v) is 1.91. The first-order chi connectivity index (χ1) is 6.78. The van der Waals surface area contributed by atoms with Gasteiger partial charge < -0.3 is 10.2 Å². The zero-order valence-electron chi connectivity index (χ0n) is 10.5. The molecule has 0 aromatic rings. The first-order valence-electron chi connectivity index (χ1n) is 6.18. The Morgan fingerprint density at radius 2 is 1.57 bits per heavy atom. The minimum Gasteiger partial charge on any atom is -0.316 e. The summed E-state index contributed by atoms with van der Waals surface area (Å²) in [5.74, 6) is 0. The molecule has 0 aromatic heterocycles. The van der Waals surface area contributed by atoms with Crippen molar-refractivity contribution in [3.05, 3.63) is 0 Å². The Hall–Kier alpha value is -0.0800. The topological polar surface area (TPSA) is 15.3 Å². The molecule has 2 nitrogen and oxygen atoms in total. The van der Waals surface area contributed by atoms with Crippen molar-refractivity contribution in [2.75, 3.05) is 26.7 Å². The second kappa shape index (κ2) is 9.47. The number of likely N-dealkylation sites (N-methyl/N-ethyl adjacent to an activating group) is 1. The molecule has 1 unspecified atom stereocenters. The van der Waals surface area contributed by atoms with Gasteiger partial charge in [0.2, 0.25) is 0 Å². The Morgan fingerprint density at radius 3 is 1.93 bits per heavy atom. The number of hydrogen-bond donors (Lipinski definition) is 1. The third-order valence-corrected chi connectivity index (χ3v) is 2.60. The highest BCUT2D eigenvalue weighted by Crippen LogP contribution is 2.01. The highest BCUT2D eigenvalue weighted by atomic mass is 15.1. The Balaban J connectivity index is 3.83. The molecule has 0 aliphatic carbocycles. The van der Waals surface area contributed by atoms with Crippen LogP contribution in [0.4, 0.5) is 0 Å². The van der Waals surface area contributed by atoms with Crippen molar-refractivity contribution in [3.8, 4) is 0 Å². The molecule has 0 amide bonds. The summed E-state index contributed by atoms with van der Waals surface area (Å²) >= 11 is 0. The lowest BCUT2D eigenvalue weighted by Gasteiger charge is -2.26. The van der Waals surface area contributed by atoms with Crippen molar-refractivity contribution in [1.82, 2.24) is 10.2 Å². The van der Waals surface area contributed by atoms with Crippen LogP contribution in [0.15, 0.2) is 0 Å². The van der Waals surface area contributed by atoms with E-state index >= 15 is 0 Å². The Morgan fingerprint density at radius 1 is 1.00 bits per heavy atom. The van der Waals surface area contributed by atoms with Crippen LogP contribution >= 0.6 is 0 Å². The molecule has 0 bridgehead atoms. The molecule has 86 valence electrons. The minimum atomic E-state index is 0.679. The molecule has 0 rings (SSSR count). The van der Waals surface area contributed by atoms with Crippen LogP contribution in [0.5, 0.6) is 0 Å². The van der Waals surface area contributed by atoms with Gasteiger partial charge >= 0.3 is 0 Å². The zero-order valence-corrected chi connectivity index (χ0v) is 10.5. The van der Waals surface area contributed by atoms with E-state index in [1.807, 2.05) is 0 Å². The summed E-state index contributed by atoms with van der Waals surface area (Å²) in [5, 5.41) is 3.41. The number of nitrogens with zero attached hydrogens (tertiary/aromatic N) is 1. The lowest BCUT2D eigenvalue weighted by Crippen LogP contribution is -2.40. The quantitative estimate of drug-likeness (QED) is 0.615. The van der Waals surface area contributed by atoms with Crippen LogP contribution < -0.4 is 5.32 Å². The summed E-state index contributed by atoms with van der Waals surface area (Å²) in [4.78, 5) is 2.58. The first kappa shape index (κ1) is 13.9. The van der Waals surface area contributed by atoms with E-state index in [4.69, 9.17) is 0 Å². The average molecular weight is 200 g/mol. The highest BCUT2D eigenvalue weighted by molar-refractivity contribution is 4.69. The zero-order chi connectivity index (χ0) is 10.8. The van der Waals surface area contributed by atoms with Gasteiger partial charge in [0, 0.05) is 12.6 Å². The van der Waals surface area contributed by atoms with Crippen molar-refractivity contribution in [1.29, 1.82) is 0 Å². The van der Waals surface area contributed by atoms with E-state index in [0.717, 1.165) is 0 Å². The Labute approximate surface area is 90.1 Å². The van der Waals surface area contributed by atoms with Gasteiger partial charge in [0.15, 0.2) is 0 Å². The predicted octanol–water partition coefficient (Wildman–Crippen LogP) is 2.50. The first-order valence-corrected chi connectivity index (χ1v) is 6.18. The van der Waals surface area contributed by atoms with Crippen LogP contribution in [0.1, 0.15) is 46.5 Å². The maximum absolute atomic E-state index is 3.41. The van der Waals surface area contributed by atoms with Gasteiger partial charge in [-0.15, -0.1) is 0 Å². The molecule has 0 heterocycles. The number of rotatable bonds is 9. The SMILES string of the molecule is CCCC(CN(CCC)CCC)NC.